The van der Waals surface area contributed by atoms with Gasteiger partial charge in [-0.3, -0.25) is 14.5 Å². The molecular weight excluding hydrogens is 260 g/mol. The van der Waals surface area contributed by atoms with Crippen molar-refractivity contribution in [1.29, 1.82) is 0 Å². The highest BCUT2D eigenvalue weighted by Crippen LogP contribution is 2.40. The molecule has 1 amide bonds. The van der Waals surface area contributed by atoms with Gasteiger partial charge in [0.05, 0.1) is 17.9 Å². The molecule has 6 heteroatoms. The van der Waals surface area contributed by atoms with E-state index >= 15 is 0 Å². The number of carboxylic acid groups (broad SMARTS) is 1. The van der Waals surface area contributed by atoms with Crippen LogP contribution < -0.4 is 0 Å². The number of carbonyl (C=O) groups is 2. The Morgan fingerprint density at radius 1 is 1.15 bits per heavy atom. The van der Waals surface area contributed by atoms with E-state index in [1.807, 2.05) is 4.90 Å². The van der Waals surface area contributed by atoms with Crippen LogP contribution in [-0.2, 0) is 14.3 Å². The third kappa shape index (κ3) is 2.96. The molecule has 1 saturated carbocycles. The zero-order chi connectivity index (χ0) is 14.1. The zero-order valence-corrected chi connectivity index (χ0v) is 11.7. The van der Waals surface area contributed by atoms with Crippen LogP contribution in [0, 0.1) is 11.8 Å². The monoisotopic (exact) mass is 282 g/mol. The largest absolute Gasteiger partial charge is 0.481 e. The highest BCUT2D eigenvalue weighted by atomic mass is 16.5. The van der Waals surface area contributed by atoms with Crippen molar-refractivity contribution in [1.82, 2.24) is 9.80 Å². The normalized spacial score (nSPS) is 34.2. The van der Waals surface area contributed by atoms with E-state index in [1.165, 1.54) is 0 Å². The van der Waals surface area contributed by atoms with E-state index in [1.54, 1.807) is 0 Å². The maximum absolute atomic E-state index is 12.1. The topological polar surface area (TPSA) is 70.1 Å². The number of aliphatic carboxylic acids is 1. The Morgan fingerprint density at radius 2 is 1.90 bits per heavy atom. The molecular formula is C14H22N2O4. The van der Waals surface area contributed by atoms with Crippen LogP contribution in [0.4, 0.5) is 0 Å². The summed E-state index contributed by atoms with van der Waals surface area (Å²) in [4.78, 5) is 27.1. The van der Waals surface area contributed by atoms with Gasteiger partial charge in [-0.25, -0.2) is 0 Å². The number of hydrogen-bond acceptors (Lipinski definition) is 4. The van der Waals surface area contributed by atoms with Crippen LogP contribution in [0.3, 0.4) is 0 Å². The molecule has 3 aliphatic rings. The average Bonchev–Trinajstić information content (AvgIpc) is 3.10. The Labute approximate surface area is 118 Å². The molecule has 1 unspecified atom stereocenters. The minimum atomic E-state index is -0.833. The van der Waals surface area contributed by atoms with E-state index in [2.05, 4.69) is 4.90 Å². The molecule has 1 N–H and O–H groups in total. The molecule has 2 saturated heterocycles. The second-order valence-electron chi connectivity index (χ2n) is 6.05. The van der Waals surface area contributed by atoms with Crippen molar-refractivity contribution in [3.63, 3.8) is 0 Å². The predicted octanol–water partition coefficient (Wildman–Crippen LogP) is 0.0303. The summed E-state index contributed by atoms with van der Waals surface area (Å²) in [6.07, 6.45) is 3.17. The number of ether oxygens (including phenoxy) is 1. The summed E-state index contributed by atoms with van der Waals surface area (Å²) in [7, 11) is 0. The van der Waals surface area contributed by atoms with Gasteiger partial charge in [0, 0.05) is 39.3 Å². The third-order valence-corrected chi connectivity index (χ3v) is 4.59. The van der Waals surface area contributed by atoms with Crippen molar-refractivity contribution in [2.45, 2.75) is 25.4 Å². The van der Waals surface area contributed by atoms with Gasteiger partial charge in [-0.15, -0.1) is 0 Å². The van der Waals surface area contributed by atoms with Gasteiger partial charge in [-0.2, -0.15) is 0 Å². The summed E-state index contributed by atoms with van der Waals surface area (Å²) in [5.74, 6) is -1.50. The molecule has 3 rings (SSSR count). The van der Waals surface area contributed by atoms with E-state index in [0.29, 0.717) is 25.6 Å². The van der Waals surface area contributed by atoms with Crippen molar-refractivity contribution in [3.8, 4) is 0 Å². The van der Waals surface area contributed by atoms with Crippen LogP contribution in [0.25, 0.3) is 0 Å². The first-order valence-corrected chi connectivity index (χ1v) is 7.50. The molecule has 0 aromatic carbocycles. The molecule has 0 spiro atoms. The highest BCUT2D eigenvalue weighted by molar-refractivity contribution is 5.89. The summed E-state index contributed by atoms with van der Waals surface area (Å²) >= 11 is 0. The molecule has 3 fully saturated rings. The van der Waals surface area contributed by atoms with Crippen molar-refractivity contribution in [2.24, 2.45) is 11.8 Å². The quantitative estimate of drug-likeness (QED) is 0.788. The molecule has 0 aromatic heterocycles. The van der Waals surface area contributed by atoms with Crippen LogP contribution in [0.15, 0.2) is 0 Å². The third-order valence-electron chi connectivity index (χ3n) is 4.59. The fourth-order valence-electron chi connectivity index (χ4n) is 3.20. The molecule has 6 nitrogen and oxygen atoms in total. The molecule has 2 heterocycles. The molecule has 20 heavy (non-hydrogen) atoms. The van der Waals surface area contributed by atoms with Crippen molar-refractivity contribution in [3.05, 3.63) is 0 Å². The lowest BCUT2D eigenvalue weighted by Gasteiger charge is -2.35. The lowest BCUT2D eigenvalue weighted by molar-refractivity contribution is -0.142. The lowest BCUT2D eigenvalue weighted by atomic mass is 10.2. The number of carbonyl (C=O) groups excluding carboxylic acids is 1. The van der Waals surface area contributed by atoms with Crippen LogP contribution in [-0.4, -0.2) is 72.2 Å². The van der Waals surface area contributed by atoms with Gasteiger partial charge in [0.2, 0.25) is 5.91 Å². The number of piperazine rings is 1. The number of hydrogen-bond donors (Lipinski definition) is 1. The first-order chi connectivity index (χ1) is 9.65. The smallest absolute Gasteiger partial charge is 0.307 e. The Morgan fingerprint density at radius 3 is 2.45 bits per heavy atom. The first-order valence-electron chi connectivity index (χ1n) is 7.50. The highest BCUT2D eigenvalue weighted by Gasteiger charge is 2.50. The Kier molecular flexibility index (Phi) is 3.94. The summed E-state index contributed by atoms with van der Waals surface area (Å²) in [6.45, 7) is 5.01. The molecule has 0 bridgehead atoms. The summed E-state index contributed by atoms with van der Waals surface area (Å²) in [5, 5.41) is 8.88. The van der Waals surface area contributed by atoms with Gasteiger partial charge in [0.25, 0.3) is 0 Å². The van der Waals surface area contributed by atoms with Crippen molar-refractivity contribution >= 4 is 11.9 Å². The summed E-state index contributed by atoms with van der Waals surface area (Å²) in [6, 6.07) is 0. The van der Waals surface area contributed by atoms with Gasteiger partial charge in [0.15, 0.2) is 0 Å². The average molecular weight is 282 g/mol. The second kappa shape index (κ2) is 5.69. The molecule has 0 radical (unpaired) electrons. The van der Waals surface area contributed by atoms with Crippen LogP contribution in [0.2, 0.25) is 0 Å². The maximum Gasteiger partial charge on any atom is 0.307 e. The van der Waals surface area contributed by atoms with Crippen LogP contribution in [0.1, 0.15) is 19.3 Å². The minimum absolute atomic E-state index is 0.0363. The second-order valence-corrected chi connectivity index (χ2v) is 6.05. The SMILES string of the molecule is O=C(O)[C@H]1C[C@H]1C(=O)N1CCN(CC2CCCO2)CC1. The van der Waals surface area contributed by atoms with Gasteiger partial charge in [0.1, 0.15) is 0 Å². The molecule has 112 valence electrons. The van der Waals surface area contributed by atoms with Gasteiger partial charge in [-0.1, -0.05) is 0 Å². The summed E-state index contributed by atoms with van der Waals surface area (Å²) in [5.41, 5.74) is 0. The molecule has 3 atom stereocenters. The summed E-state index contributed by atoms with van der Waals surface area (Å²) < 4.78 is 5.63. The first kappa shape index (κ1) is 13.8. The number of carboxylic acids is 1. The van der Waals surface area contributed by atoms with Gasteiger partial charge in [-0.05, 0) is 19.3 Å². The van der Waals surface area contributed by atoms with Crippen molar-refractivity contribution in [2.75, 3.05) is 39.3 Å². The van der Waals surface area contributed by atoms with Gasteiger partial charge >= 0.3 is 5.97 Å². The van der Waals surface area contributed by atoms with E-state index in [-0.39, 0.29) is 11.8 Å². The molecule has 0 aromatic rings. The van der Waals surface area contributed by atoms with E-state index in [0.717, 1.165) is 39.1 Å². The minimum Gasteiger partial charge on any atom is -0.481 e. The Hall–Kier alpha value is -1.14. The van der Waals surface area contributed by atoms with E-state index in [4.69, 9.17) is 9.84 Å². The standard InChI is InChI=1S/C14H22N2O4/c17-13(11-8-12(11)14(18)19)16-5-3-15(4-6-16)9-10-2-1-7-20-10/h10-12H,1-9H2,(H,18,19)/t10?,11-,12+/m1/s1. The predicted molar refractivity (Wildman–Crippen MR) is 71.2 cm³/mol. The fourth-order valence-corrected chi connectivity index (χ4v) is 3.20. The van der Waals surface area contributed by atoms with Crippen molar-refractivity contribution < 1.29 is 19.4 Å². The van der Waals surface area contributed by atoms with Crippen LogP contribution in [0.5, 0.6) is 0 Å². The number of nitrogens with zero attached hydrogens (tertiary/aromatic N) is 2. The maximum atomic E-state index is 12.1. The van der Waals surface area contributed by atoms with E-state index in [9.17, 15) is 9.59 Å². The van der Waals surface area contributed by atoms with Gasteiger partial charge < -0.3 is 14.7 Å². The Bertz CT molecular complexity index is 387. The molecule has 1 aliphatic carbocycles. The van der Waals surface area contributed by atoms with E-state index < -0.39 is 11.9 Å². The zero-order valence-electron chi connectivity index (χ0n) is 11.7. The fraction of sp³-hybridized carbons (Fsp3) is 0.857. The lowest BCUT2D eigenvalue weighted by Crippen LogP contribution is -2.50. The van der Waals surface area contributed by atoms with Crippen LogP contribution >= 0.6 is 0 Å². The Balaban J connectivity index is 1.42. The molecule has 2 aliphatic heterocycles. The number of rotatable bonds is 4. The number of amides is 1.